The quantitative estimate of drug-likeness (QED) is 0.459. The van der Waals surface area contributed by atoms with E-state index in [2.05, 4.69) is 0 Å². The maximum atomic E-state index is 13.6. The van der Waals surface area contributed by atoms with E-state index in [0.29, 0.717) is 12.0 Å². The van der Waals surface area contributed by atoms with Crippen LogP contribution < -0.4 is 4.74 Å². The second kappa shape index (κ2) is 7.04. The van der Waals surface area contributed by atoms with E-state index in [0.717, 1.165) is 5.56 Å². The maximum Gasteiger partial charge on any atom is 0.269 e. The fraction of sp³-hybridized carbons (Fsp3) is 0.200. The van der Waals surface area contributed by atoms with E-state index in [9.17, 15) is 14.5 Å². The molecule has 0 saturated heterocycles. The Bertz CT molecular complexity index is 631. The molecule has 0 radical (unpaired) electrons. The van der Waals surface area contributed by atoms with Gasteiger partial charge in [0.15, 0.2) is 11.6 Å². The zero-order valence-corrected chi connectivity index (χ0v) is 11.8. The van der Waals surface area contributed by atoms with Gasteiger partial charge in [0, 0.05) is 24.1 Å². The molecule has 0 aliphatic carbocycles. The lowest BCUT2D eigenvalue weighted by atomic mass is 10.1. The standard InChI is InChI=1S/C15H13ClFNO3/c16-10-12-2-1-3-14(17)15(12)21-9-8-11-4-6-13(7-5-11)18(19)20/h1-7H,8-10H2. The summed E-state index contributed by atoms with van der Waals surface area (Å²) in [7, 11) is 0. The third-order valence-electron chi connectivity index (χ3n) is 2.98. The molecule has 110 valence electrons. The molecule has 0 atom stereocenters. The van der Waals surface area contributed by atoms with Gasteiger partial charge in [-0.15, -0.1) is 11.6 Å². The molecule has 2 rings (SSSR count). The van der Waals surface area contributed by atoms with Gasteiger partial charge in [-0.2, -0.15) is 0 Å². The van der Waals surface area contributed by atoms with Gasteiger partial charge in [0.25, 0.3) is 5.69 Å². The Hall–Kier alpha value is -2.14. The zero-order chi connectivity index (χ0) is 15.2. The van der Waals surface area contributed by atoms with Crippen LogP contribution in [-0.2, 0) is 12.3 Å². The number of hydrogen-bond acceptors (Lipinski definition) is 3. The normalized spacial score (nSPS) is 10.4. The molecule has 0 N–H and O–H groups in total. The molecule has 0 aliphatic heterocycles. The van der Waals surface area contributed by atoms with Crippen molar-refractivity contribution in [1.29, 1.82) is 0 Å². The maximum absolute atomic E-state index is 13.6. The van der Waals surface area contributed by atoms with Crippen LogP contribution in [0.2, 0.25) is 0 Å². The Morgan fingerprint density at radius 3 is 2.52 bits per heavy atom. The summed E-state index contributed by atoms with van der Waals surface area (Å²) in [6, 6.07) is 10.8. The van der Waals surface area contributed by atoms with E-state index in [1.165, 1.54) is 18.2 Å². The van der Waals surface area contributed by atoms with E-state index in [4.69, 9.17) is 16.3 Å². The summed E-state index contributed by atoms with van der Waals surface area (Å²) in [5, 5.41) is 10.5. The van der Waals surface area contributed by atoms with E-state index in [1.54, 1.807) is 24.3 Å². The Labute approximate surface area is 126 Å². The van der Waals surface area contributed by atoms with Gasteiger partial charge >= 0.3 is 0 Å². The number of non-ortho nitro benzene ring substituents is 1. The zero-order valence-electron chi connectivity index (χ0n) is 11.1. The average molecular weight is 310 g/mol. The van der Waals surface area contributed by atoms with Crippen LogP contribution in [0.15, 0.2) is 42.5 Å². The van der Waals surface area contributed by atoms with Crippen molar-refractivity contribution >= 4 is 17.3 Å². The summed E-state index contributed by atoms with van der Waals surface area (Å²) in [4.78, 5) is 10.1. The summed E-state index contributed by atoms with van der Waals surface area (Å²) in [5.74, 6) is -0.115. The van der Waals surface area contributed by atoms with Crippen molar-refractivity contribution in [2.75, 3.05) is 6.61 Å². The fourth-order valence-corrected chi connectivity index (χ4v) is 2.09. The highest BCUT2D eigenvalue weighted by Gasteiger charge is 2.09. The molecule has 0 aliphatic rings. The van der Waals surface area contributed by atoms with Crippen LogP contribution in [-0.4, -0.2) is 11.5 Å². The number of nitro groups is 1. The van der Waals surface area contributed by atoms with Crippen molar-refractivity contribution < 1.29 is 14.1 Å². The number of rotatable bonds is 6. The summed E-state index contributed by atoms with van der Waals surface area (Å²) >= 11 is 5.74. The number of halogens is 2. The molecule has 0 amide bonds. The third kappa shape index (κ3) is 3.92. The summed E-state index contributed by atoms with van der Waals surface area (Å²) in [6.45, 7) is 0.267. The summed E-state index contributed by atoms with van der Waals surface area (Å²) in [6.07, 6.45) is 0.522. The van der Waals surface area contributed by atoms with E-state index in [1.807, 2.05) is 0 Å². The molecule has 0 bridgehead atoms. The molecular formula is C15H13ClFNO3. The number of alkyl halides is 1. The summed E-state index contributed by atoms with van der Waals surface area (Å²) < 4.78 is 19.1. The average Bonchev–Trinajstić information content (AvgIpc) is 2.49. The highest BCUT2D eigenvalue weighted by molar-refractivity contribution is 6.17. The Kier molecular flexibility index (Phi) is 5.11. The molecule has 6 heteroatoms. The van der Waals surface area contributed by atoms with Crippen LogP contribution in [0.4, 0.5) is 10.1 Å². The number of hydrogen-bond donors (Lipinski definition) is 0. The van der Waals surface area contributed by atoms with E-state index < -0.39 is 10.7 Å². The summed E-state index contributed by atoms with van der Waals surface area (Å²) in [5.41, 5.74) is 1.52. The molecule has 21 heavy (non-hydrogen) atoms. The minimum atomic E-state index is -0.452. The SMILES string of the molecule is O=[N+]([O-])c1ccc(CCOc2c(F)cccc2CCl)cc1. The lowest BCUT2D eigenvalue weighted by Crippen LogP contribution is -2.04. The van der Waals surface area contributed by atoms with Crippen molar-refractivity contribution in [3.63, 3.8) is 0 Å². The van der Waals surface area contributed by atoms with Gasteiger partial charge in [0.2, 0.25) is 0 Å². The highest BCUT2D eigenvalue weighted by atomic mass is 35.5. The molecule has 0 aromatic heterocycles. The van der Waals surface area contributed by atoms with Crippen molar-refractivity contribution in [2.45, 2.75) is 12.3 Å². The number of nitrogens with zero attached hydrogens (tertiary/aromatic N) is 1. The van der Waals surface area contributed by atoms with Crippen molar-refractivity contribution in [3.05, 3.63) is 69.5 Å². The van der Waals surface area contributed by atoms with E-state index >= 15 is 0 Å². The van der Waals surface area contributed by atoms with Crippen LogP contribution in [0.25, 0.3) is 0 Å². The van der Waals surface area contributed by atoms with Gasteiger partial charge in [-0.05, 0) is 11.6 Å². The van der Waals surface area contributed by atoms with Crippen molar-refractivity contribution in [1.82, 2.24) is 0 Å². The van der Waals surface area contributed by atoms with Crippen LogP contribution in [0.3, 0.4) is 0 Å². The van der Waals surface area contributed by atoms with Crippen LogP contribution in [0.5, 0.6) is 5.75 Å². The Morgan fingerprint density at radius 1 is 1.19 bits per heavy atom. The van der Waals surface area contributed by atoms with Crippen molar-refractivity contribution in [3.8, 4) is 5.75 Å². The molecule has 2 aromatic carbocycles. The minimum Gasteiger partial charge on any atom is -0.490 e. The number of ether oxygens (including phenoxy) is 1. The predicted octanol–water partition coefficient (Wildman–Crippen LogP) is 4.09. The Balaban J connectivity index is 1.97. The van der Waals surface area contributed by atoms with Crippen LogP contribution in [0.1, 0.15) is 11.1 Å². The molecule has 2 aromatic rings. The van der Waals surface area contributed by atoms with Gasteiger partial charge in [0.1, 0.15) is 0 Å². The number of benzene rings is 2. The third-order valence-corrected chi connectivity index (χ3v) is 3.26. The number of nitro benzene ring substituents is 1. The molecule has 0 heterocycles. The lowest BCUT2D eigenvalue weighted by Gasteiger charge is -2.10. The minimum absolute atomic E-state index is 0.0400. The second-order valence-corrected chi connectivity index (χ2v) is 4.65. The van der Waals surface area contributed by atoms with Gasteiger partial charge in [-0.1, -0.05) is 24.3 Å². The first-order chi connectivity index (χ1) is 10.1. The smallest absolute Gasteiger partial charge is 0.269 e. The topological polar surface area (TPSA) is 52.4 Å². The monoisotopic (exact) mass is 309 g/mol. The first-order valence-corrected chi connectivity index (χ1v) is 6.84. The van der Waals surface area contributed by atoms with Gasteiger partial charge in [-0.3, -0.25) is 10.1 Å². The predicted molar refractivity (Wildman–Crippen MR) is 78.3 cm³/mol. The largest absolute Gasteiger partial charge is 0.490 e. The fourth-order valence-electron chi connectivity index (χ4n) is 1.88. The second-order valence-electron chi connectivity index (χ2n) is 4.38. The molecule has 0 unspecified atom stereocenters. The molecule has 4 nitrogen and oxygen atoms in total. The van der Waals surface area contributed by atoms with Crippen molar-refractivity contribution in [2.24, 2.45) is 0 Å². The van der Waals surface area contributed by atoms with Gasteiger partial charge < -0.3 is 4.74 Å². The van der Waals surface area contributed by atoms with Crippen LogP contribution >= 0.6 is 11.6 Å². The van der Waals surface area contributed by atoms with E-state index in [-0.39, 0.29) is 23.9 Å². The molecule has 0 fully saturated rings. The highest BCUT2D eigenvalue weighted by Crippen LogP contribution is 2.24. The molecule has 0 spiro atoms. The lowest BCUT2D eigenvalue weighted by molar-refractivity contribution is -0.384. The van der Waals surface area contributed by atoms with Gasteiger partial charge in [0.05, 0.1) is 17.4 Å². The first kappa shape index (κ1) is 15.3. The van der Waals surface area contributed by atoms with Gasteiger partial charge in [-0.25, -0.2) is 4.39 Å². The Morgan fingerprint density at radius 2 is 1.90 bits per heavy atom. The number of para-hydroxylation sites is 1. The van der Waals surface area contributed by atoms with Crippen LogP contribution in [0, 0.1) is 15.9 Å². The molecule has 0 saturated carbocycles. The first-order valence-electron chi connectivity index (χ1n) is 6.31. The molecular weight excluding hydrogens is 297 g/mol.